The van der Waals surface area contributed by atoms with E-state index in [1.807, 2.05) is 24.4 Å². The van der Waals surface area contributed by atoms with Gasteiger partial charge in [-0.25, -0.2) is 4.68 Å². The molecule has 0 aromatic carbocycles. The van der Waals surface area contributed by atoms with Crippen LogP contribution in [0.15, 0.2) is 35.6 Å². The summed E-state index contributed by atoms with van der Waals surface area (Å²) in [6, 6.07) is 5.90. The summed E-state index contributed by atoms with van der Waals surface area (Å²) in [7, 11) is 0. The number of nitrogens with zero attached hydrogens (tertiary/aromatic N) is 4. The van der Waals surface area contributed by atoms with Crippen LogP contribution in [0.1, 0.15) is 32.1 Å². The monoisotopic (exact) mass is 317 g/mol. The molecule has 2 aromatic heterocycles. The lowest BCUT2D eigenvalue weighted by Crippen LogP contribution is -2.37. The van der Waals surface area contributed by atoms with E-state index in [-0.39, 0.29) is 5.91 Å². The number of carbonyl (C=O) groups is 1. The molecule has 1 aliphatic carbocycles. The first-order valence-corrected chi connectivity index (χ1v) is 8.56. The Kier molecular flexibility index (Phi) is 5.05. The maximum absolute atomic E-state index is 11.9. The minimum absolute atomic E-state index is 0.0786. The molecule has 1 N–H and O–H groups in total. The van der Waals surface area contributed by atoms with E-state index in [2.05, 4.69) is 20.6 Å². The number of aromatic nitrogens is 4. The second-order valence-electron chi connectivity index (χ2n) is 5.37. The quantitative estimate of drug-likeness (QED) is 0.856. The second kappa shape index (κ2) is 7.40. The number of thioether (sulfide) groups is 1. The third-order valence-corrected chi connectivity index (χ3v) is 4.61. The van der Waals surface area contributed by atoms with Gasteiger partial charge < -0.3 is 5.32 Å². The van der Waals surface area contributed by atoms with Gasteiger partial charge in [-0.05, 0) is 31.0 Å². The molecule has 0 unspecified atom stereocenters. The van der Waals surface area contributed by atoms with E-state index in [1.165, 1.54) is 31.0 Å². The van der Waals surface area contributed by atoms with E-state index in [1.54, 1.807) is 10.9 Å². The maximum atomic E-state index is 11.9. The highest BCUT2D eigenvalue weighted by Gasteiger charge is 2.15. The number of hydrogen-bond acceptors (Lipinski definition) is 5. The van der Waals surface area contributed by atoms with E-state index >= 15 is 0 Å². The normalized spacial score (nSPS) is 15.6. The number of carbonyl (C=O) groups excluding carboxylic acids is 1. The van der Waals surface area contributed by atoms with Gasteiger partial charge >= 0.3 is 0 Å². The maximum Gasteiger partial charge on any atom is 0.230 e. The van der Waals surface area contributed by atoms with Gasteiger partial charge in [0.2, 0.25) is 5.91 Å². The van der Waals surface area contributed by atoms with Gasteiger partial charge in [-0.3, -0.25) is 4.79 Å². The lowest BCUT2D eigenvalue weighted by Gasteiger charge is -2.22. The molecule has 6 nitrogen and oxygen atoms in total. The number of nitrogens with one attached hydrogen (secondary N) is 1. The molecule has 3 rings (SSSR count). The second-order valence-corrected chi connectivity index (χ2v) is 6.37. The van der Waals surface area contributed by atoms with E-state index in [0.717, 1.165) is 17.9 Å². The third kappa shape index (κ3) is 4.07. The van der Waals surface area contributed by atoms with Gasteiger partial charge in [0.1, 0.15) is 5.03 Å². The molecule has 1 saturated carbocycles. The third-order valence-electron chi connectivity index (χ3n) is 3.69. The SMILES string of the molecule is O=C(CSc1ccc(-n2cccn2)nn1)NC1CCCCC1. The molecule has 0 bridgehead atoms. The lowest BCUT2D eigenvalue weighted by atomic mass is 9.95. The summed E-state index contributed by atoms with van der Waals surface area (Å²) in [6.45, 7) is 0. The van der Waals surface area contributed by atoms with E-state index in [9.17, 15) is 4.79 Å². The zero-order chi connectivity index (χ0) is 15.2. The molecule has 0 radical (unpaired) electrons. The Balaban J connectivity index is 1.47. The molecule has 116 valence electrons. The smallest absolute Gasteiger partial charge is 0.230 e. The summed E-state index contributed by atoms with van der Waals surface area (Å²) in [5.74, 6) is 1.13. The minimum atomic E-state index is 0.0786. The fraction of sp³-hybridized carbons (Fsp3) is 0.467. The van der Waals surface area contributed by atoms with E-state index in [4.69, 9.17) is 0 Å². The molecule has 2 heterocycles. The molecular weight excluding hydrogens is 298 g/mol. The highest BCUT2D eigenvalue weighted by atomic mass is 32.2. The summed E-state index contributed by atoms with van der Waals surface area (Å²) in [5.41, 5.74) is 0. The minimum Gasteiger partial charge on any atom is -0.353 e. The predicted molar refractivity (Wildman–Crippen MR) is 84.9 cm³/mol. The highest BCUT2D eigenvalue weighted by Crippen LogP contribution is 2.18. The summed E-state index contributed by atoms with van der Waals surface area (Å²) in [4.78, 5) is 11.9. The molecule has 0 atom stereocenters. The standard InChI is InChI=1S/C15H19N5OS/c21-14(17-12-5-2-1-3-6-12)11-22-15-8-7-13(18-19-15)20-10-4-9-16-20/h4,7-10,12H,1-3,5-6,11H2,(H,17,21). The Morgan fingerprint density at radius 2 is 2.14 bits per heavy atom. The molecule has 1 amide bonds. The Bertz CT molecular complexity index is 593. The van der Waals surface area contributed by atoms with Crippen molar-refractivity contribution >= 4 is 17.7 Å². The topological polar surface area (TPSA) is 72.7 Å². The molecule has 0 aliphatic heterocycles. The van der Waals surface area contributed by atoms with Crippen LogP contribution in [0.2, 0.25) is 0 Å². The van der Waals surface area contributed by atoms with Crippen molar-refractivity contribution in [1.82, 2.24) is 25.3 Å². The van der Waals surface area contributed by atoms with Gasteiger partial charge in [0.25, 0.3) is 0 Å². The Labute approximate surface area is 133 Å². The van der Waals surface area contributed by atoms with E-state index < -0.39 is 0 Å². The average Bonchev–Trinajstić information content (AvgIpc) is 3.09. The van der Waals surface area contributed by atoms with E-state index in [0.29, 0.717) is 17.6 Å². The van der Waals surface area contributed by atoms with Gasteiger partial charge in [-0.1, -0.05) is 31.0 Å². The highest BCUT2D eigenvalue weighted by molar-refractivity contribution is 7.99. The van der Waals surface area contributed by atoms with Gasteiger partial charge in [-0.2, -0.15) is 5.10 Å². The number of rotatable bonds is 5. The van der Waals surface area contributed by atoms with Crippen LogP contribution in [0.25, 0.3) is 5.82 Å². The van der Waals surface area contributed by atoms with Crippen molar-refractivity contribution in [2.45, 2.75) is 43.2 Å². The average molecular weight is 317 g/mol. The first kappa shape index (κ1) is 15.0. The van der Waals surface area contributed by atoms with Crippen molar-refractivity contribution in [2.75, 3.05) is 5.75 Å². The van der Waals surface area contributed by atoms with Crippen LogP contribution in [0, 0.1) is 0 Å². The Morgan fingerprint density at radius 1 is 1.27 bits per heavy atom. The van der Waals surface area contributed by atoms with Crippen molar-refractivity contribution in [3.63, 3.8) is 0 Å². The van der Waals surface area contributed by atoms with Gasteiger partial charge in [0.05, 0.1) is 5.75 Å². The number of hydrogen-bond donors (Lipinski definition) is 1. The van der Waals surface area contributed by atoms with Crippen LogP contribution < -0.4 is 5.32 Å². The summed E-state index contributed by atoms with van der Waals surface area (Å²) in [6.07, 6.45) is 9.45. The first-order valence-electron chi connectivity index (χ1n) is 7.57. The Hall–Kier alpha value is -1.89. The predicted octanol–water partition coefficient (Wildman–Crippen LogP) is 2.20. The van der Waals surface area contributed by atoms with Crippen molar-refractivity contribution in [2.24, 2.45) is 0 Å². The zero-order valence-electron chi connectivity index (χ0n) is 12.3. The summed E-state index contributed by atoms with van der Waals surface area (Å²) < 4.78 is 1.65. The molecule has 1 aliphatic rings. The van der Waals surface area contributed by atoms with Crippen LogP contribution in [-0.4, -0.2) is 37.7 Å². The van der Waals surface area contributed by atoms with Crippen molar-refractivity contribution < 1.29 is 4.79 Å². The van der Waals surface area contributed by atoms with Crippen molar-refractivity contribution in [3.05, 3.63) is 30.6 Å². The molecule has 22 heavy (non-hydrogen) atoms. The van der Waals surface area contributed by atoms with Crippen LogP contribution in [0.4, 0.5) is 0 Å². The fourth-order valence-electron chi connectivity index (χ4n) is 2.57. The van der Waals surface area contributed by atoms with Crippen LogP contribution in [0.5, 0.6) is 0 Å². The number of amides is 1. The van der Waals surface area contributed by atoms with Gasteiger partial charge in [-0.15, -0.1) is 10.2 Å². The molecular formula is C15H19N5OS. The molecule has 7 heteroatoms. The van der Waals surface area contributed by atoms with Crippen LogP contribution in [0.3, 0.4) is 0 Å². The Morgan fingerprint density at radius 3 is 2.82 bits per heavy atom. The lowest BCUT2D eigenvalue weighted by molar-refractivity contribution is -0.119. The van der Waals surface area contributed by atoms with Gasteiger partial charge in [0.15, 0.2) is 5.82 Å². The van der Waals surface area contributed by atoms with Crippen molar-refractivity contribution in [3.8, 4) is 5.82 Å². The van der Waals surface area contributed by atoms with Crippen LogP contribution in [-0.2, 0) is 4.79 Å². The van der Waals surface area contributed by atoms with Crippen LogP contribution >= 0.6 is 11.8 Å². The fourth-order valence-corrected chi connectivity index (χ4v) is 3.20. The molecule has 0 spiro atoms. The van der Waals surface area contributed by atoms with Gasteiger partial charge in [0, 0.05) is 18.4 Å². The molecule has 0 saturated heterocycles. The molecule has 2 aromatic rings. The molecule has 1 fully saturated rings. The zero-order valence-corrected chi connectivity index (χ0v) is 13.1. The first-order chi connectivity index (χ1) is 10.8. The largest absolute Gasteiger partial charge is 0.353 e. The van der Waals surface area contributed by atoms with Crippen molar-refractivity contribution in [1.29, 1.82) is 0 Å². The summed E-state index contributed by atoms with van der Waals surface area (Å²) in [5, 5.41) is 16.2. The summed E-state index contributed by atoms with van der Waals surface area (Å²) >= 11 is 1.41.